The largest absolute Gasteiger partial charge is 0.481 e. The van der Waals surface area contributed by atoms with Gasteiger partial charge >= 0.3 is 5.97 Å². The van der Waals surface area contributed by atoms with Crippen LogP contribution in [0.4, 0.5) is 0 Å². The van der Waals surface area contributed by atoms with E-state index in [-0.39, 0.29) is 25.1 Å². The third kappa shape index (κ3) is 5.40. The summed E-state index contributed by atoms with van der Waals surface area (Å²) in [4.78, 5) is 10.2. The Hall–Kier alpha value is -1.06. The van der Waals surface area contributed by atoms with E-state index in [1.54, 1.807) is 6.92 Å². The predicted molar refractivity (Wildman–Crippen MR) is 56.7 cm³/mol. The van der Waals surface area contributed by atoms with Crippen LogP contribution in [-0.4, -0.2) is 42.6 Å². The summed E-state index contributed by atoms with van der Waals surface area (Å²) in [6.07, 6.45) is 4.99. The molecular weight excluding hydrogens is 218 g/mol. The lowest BCUT2D eigenvalue weighted by molar-refractivity contribution is -0.137. The molecule has 6 heteroatoms. The van der Waals surface area contributed by atoms with Crippen LogP contribution >= 0.6 is 0 Å². The third-order valence-corrected chi connectivity index (χ3v) is 3.79. The molecule has 0 aromatic heterocycles. The van der Waals surface area contributed by atoms with Gasteiger partial charge in [0.2, 0.25) is 10.0 Å². The van der Waals surface area contributed by atoms with Gasteiger partial charge in [0.15, 0.2) is 0 Å². The zero-order valence-electron chi connectivity index (χ0n) is 8.64. The number of terminal acetylenes is 1. The lowest BCUT2D eigenvalue weighted by Gasteiger charge is -2.17. The van der Waals surface area contributed by atoms with E-state index in [2.05, 4.69) is 5.92 Å². The van der Waals surface area contributed by atoms with Gasteiger partial charge in [-0.15, -0.1) is 6.42 Å². The molecule has 0 aliphatic carbocycles. The number of carbonyl (C=O) groups is 1. The van der Waals surface area contributed by atoms with Crippen molar-refractivity contribution in [3.8, 4) is 12.3 Å². The van der Waals surface area contributed by atoms with Crippen LogP contribution in [0.3, 0.4) is 0 Å². The molecule has 0 bridgehead atoms. The molecular formula is C9H15NO4S. The van der Waals surface area contributed by atoms with Crippen molar-refractivity contribution in [2.75, 3.05) is 18.8 Å². The van der Waals surface area contributed by atoms with Crippen molar-refractivity contribution < 1.29 is 18.3 Å². The van der Waals surface area contributed by atoms with Gasteiger partial charge in [-0.05, 0) is 6.42 Å². The van der Waals surface area contributed by atoms with E-state index in [1.165, 1.54) is 0 Å². The Labute approximate surface area is 90.1 Å². The summed E-state index contributed by atoms with van der Waals surface area (Å²) in [7, 11) is -3.40. The van der Waals surface area contributed by atoms with Gasteiger partial charge in [-0.1, -0.05) is 12.8 Å². The minimum absolute atomic E-state index is 0.0336. The van der Waals surface area contributed by atoms with Crippen molar-refractivity contribution in [1.82, 2.24) is 4.31 Å². The Balaban J connectivity index is 4.28. The predicted octanol–water partition coefficient (Wildman–Crippen LogP) is 0.136. The van der Waals surface area contributed by atoms with Gasteiger partial charge in [0.1, 0.15) is 0 Å². The van der Waals surface area contributed by atoms with Crippen LogP contribution in [-0.2, 0) is 14.8 Å². The first-order valence-electron chi connectivity index (χ1n) is 4.57. The van der Waals surface area contributed by atoms with Crippen LogP contribution < -0.4 is 0 Å². The summed E-state index contributed by atoms with van der Waals surface area (Å²) in [5, 5.41) is 8.37. The van der Waals surface area contributed by atoms with Crippen molar-refractivity contribution in [3.05, 3.63) is 0 Å². The quantitative estimate of drug-likeness (QED) is 0.634. The van der Waals surface area contributed by atoms with E-state index in [4.69, 9.17) is 11.5 Å². The van der Waals surface area contributed by atoms with Crippen LogP contribution in [0.1, 0.15) is 19.8 Å². The van der Waals surface area contributed by atoms with Gasteiger partial charge in [0, 0.05) is 13.0 Å². The highest BCUT2D eigenvalue weighted by Crippen LogP contribution is 2.04. The molecule has 0 atom stereocenters. The maximum Gasteiger partial charge on any atom is 0.303 e. The molecule has 0 saturated carbocycles. The van der Waals surface area contributed by atoms with Gasteiger partial charge in [0.05, 0.1) is 12.3 Å². The number of rotatable bonds is 7. The number of carboxylic acids is 1. The number of hydrogen-bond acceptors (Lipinski definition) is 3. The van der Waals surface area contributed by atoms with Gasteiger partial charge in [0.25, 0.3) is 0 Å². The van der Waals surface area contributed by atoms with Gasteiger partial charge in [-0.3, -0.25) is 4.79 Å². The number of nitrogens with zero attached hydrogens (tertiary/aromatic N) is 1. The van der Waals surface area contributed by atoms with Crippen LogP contribution in [0.15, 0.2) is 0 Å². The summed E-state index contributed by atoms with van der Waals surface area (Å²) < 4.78 is 24.3. The molecule has 86 valence electrons. The Morgan fingerprint density at radius 2 is 2.13 bits per heavy atom. The van der Waals surface area contributed by atoms with Crippen molar-refractivity contribution >= 4 is 16.0 Å². The first-order chi connectivity index (χ1) is 6.94. The first-order valence-corrected chi connectivity index (χ1v) is 6.18. The monoisotopic (exact) mass is 233 g/mol. The summed E-state index contributed by atoms with van der Waals surface area (Å²) >= 11 is 0. The fraction of sp³-hybridized carbons (Fsp3) is 0.667. The fourth-order valence-electron chi connectivity index (χ4n) is 1.04. The number of hydrogen-bond donors (Lipinski definition) is 1. The number of sulfonamides is 1. The SMILES string of the molecule is C#CCN(CC)S(=O)(=O)CCCC(=O)O. The van der Waals surface area contributed by atoms with E-state index >= 15 is 0 Å². The minimum Gasteiger partial charge on any atom is -0.481 e. The molecule has 0 aromatic carbocycles. The molecule has 0 rings (SSSR count). The average molecular weight is 233 g/mol. The molecule has 0 spiro atoms. The lowest BCUT2D eigenvalue weighted by Crippen LogP contribution is -2.33. The fourth-order valence-corrected chi connectivity index (χ4v) is 2.48. The number of carboxylic acid groups (broad SMARTS) is 1. The number of aliphatic carboxylic acids is 1. The molecule has 5 nitrogen and oxygen atoms in total. The van der Waals surface area contributed by atoms with Gasteiger partial charge in [-0.25, -0.2) is 8.42 Å². The second-order valence-electron chi connectivity index (χ2n) is 2.94. The molecule has 0 unspecified atom stereocenters. The summed E-state index contributed by atoms with van der Waals surface area (Å²) in [6, 6.07) is 0. The van der Waals surface area contributed by atoms with Gasteiger partial charge < -0.3 is 5.11 Å². The molecule has 0 saturated heterocycles. The lowest BCUT2D eigenvalue weighted by atomic mass is 10.3. The van der Waals surface area contributed by atoms with E-state index in [9.17, 15) is 13.2 Å². The maximum absolute atomic E-state index is 11.6. The smallest absolute Gasteiger partial charge is 0.303 e. The normalized spacial score (nSPS) is 11.3. The van der Waals surface area contributed by atoms with E-state index in [1.807, 2.05) is 0 Å². The average Bonchev–Trinajstić information content (AvgIpc) is 2.12. The standard InChI is InChI=1S/C9H15NO4S/c1-3-7-10(4-2)15(13,14)8-5-6-9(11)12/h1H,4-8H2,2H3,(H,11,12). The zero-order valence-corrected chi connectivity index (χ0v) is 9.46. The molecule has 0 aliphatic rings. The topological polar surface area (TPSA) is 74.7 Å². The summed E-state index contributed by atoms with van der Waals surface area (Å²) in [5.74, 6) is 1.09. The molecule has 0 amide bonds. The Bertz CT molecular complexity index is 342. The van der Waals surface area contributed by atoms with Crippen molar-refractivity contribution in [1.29, 1.82) is 0 Å². The second-order valence-corrected chi connectivity index (χ2v) is 5.03. The minimum atomic E-state index is -3.40. The van der Waals surface area contributed by atoms with Crippen LogP contribution in [0.25, 0.3) is 0 Å². The molecule has 0 aliphatic heterocycles. The van der Waals surface area contributed by atoms with Crippen LogP contribution in [0.2, 0.25) is 0 Å². The van der Waals surface area contributed by atoms with E-state index < -0.39 is 16.0 Å². The maximum atomic E-state index is 11.6. The highest BCUT2D eigenvalue weighted by Gasteiger charge is 2.19. The Morgan fingerprint density at radius 3 is 2.53 bits per heavy atom. The third-order valence-electron chi connectivity index (χ3n) is 1.81. The first kappa shape index (κ1) is 13.9. The van der Waals surface area contributed by atoms with E-state index in [0.717, 1.165) is 4.31 Å². The van der Waals surface area contributed by atoms with Gasteiger partial charge in [-0.2, -0.15) is 4.31 Å². The zero-order chi connectivity index (χ0) is 11.9. The van der Waals surface area contributed by atoms with Crippen LogP contribution in [0.5, 0.6) is 0 Å². The highest BCUT2D eigenvalue weighted by molar-refractivity contribution is 7.89. The summed E-state index contributed by atoms with van der Waals surface area (Å²) in [5.41, 5.74) is 0. The summed E-state index contributed by atoms with van der Waals surface area (Å²) in [6.45, 7) is 2.03. The molecule has 0 fully saturated rings. The molecule has 0 aromatic rings. The van der Waals surface area contributed by atoms with Crippen LogP contribution in [0, 0.1) is 12.3 Å². The van der Waals surface area contributed by atoms with E-state index in [0.29, 0.717) is 6.54 Å². The van der Waals surface area contributed by atoms with Crippen molar-refractivity contribution in [3.63, 3.8) is 0 Å². The Morgan fingerprint density at radius 1 is 1.53 bits per heavy atom. The molecule has 0 radical (unpaired) electrons. The molecule has 15 heavy (non-hydrogen) atoms. The molecule has 0 heterocycles. The van der Waals surface area contributed by atoms with Crippen molar-refractivity contribution in [2.45, 2.75) is 19.8 Å². The second kappa shape index (κ2) is 6.43. The van der Waals surface area contributed by atoms with Crippen molar-refractivity contribution in [2.24, 2.45) is 0 Å². The highest BCUT2D eigenvalue weighted by atomic mass is 32.2. The Kier molecular flexibility index (Phi) is 5.97. The molecule has 1 N–H and O–H groups in total.